The van der Waals surface area contributed by atoms with Crippen molar-refractivity contribution in [1.29, 1.82) is 0 Å². The smallest absolute Gasteiger partial charge is 0.143 e. The summed E-state index contributed by atoms with van der Waals surface area (Å²) in [4.78, 5) is 24.8. The molecule has 0 heterocycles. The summed E-state index contributed by atoms with van der Waals surface area (Å²) in [6, 6.07) is 0. The number of Topliss-reactive ketones (excluding diaryl/α,β-unsaturated/α-hetero) is 2. The van der Waals surface area contributed by atoms with Crippen LogP contribution >= 0.6 is 0 Å². The molecule has 2 nitrogen and oxygen atoms in total. The molecule has 0 aromatic rings. The lowest BCUT2D eigenvalue weighted by molar-refractivity contribution is -0.129. The van der Waals surface area contributed by atoms with E-state index >= 15 is 0 Å². The lowest BCUT2D eigenvalue weighted by Crippen LogP contribution is -2.22. The third-order valence-corrected chi connectivity index (χ3v) is 5.89. The fourth-order valence-corrected chi connectivity index (χ4v) is 4.45. The second kappa shape index (κ2) is 12.7. The van der Waals surface area contributed by atoms with Crippen LogP contribution in [0, 0.1) is 17.8 Å². The molecule has 0 saturated heterocycles. The van der Waals surface area contributed by atoms with Crippen molar-refractivity contribution in [2.75, 3.05) is 0 Å². The minimum Gasteiger partial charge on any atom is -0.299 e. The molecule has 140 valence electrons. The molecular formula is C22H40O2. The summed E-state index contributed by atoms with van der Waals surface area (Å²) in [6.45, 7) is 6.56. The van der Waals surface area contributed by atoms with E-state index in [1.165, 1.54) is 38.5 Å². The Bertz CT molecular complexity index is 359. The zero-order valence-electron chi connectivity index (χ0n) is 16.4. The van der Waals surface area contributed by atoms with Gasteiger partial charge in [0.1, 0.15) is 11.6 Å². The van der Waals surface area contributed by atoms with E-state index in [1.807, 2.05) is 0 Å². The first-order chi connectivity index (χ1) is 11.6. The van der Waals surface area contributed by atoms with E-state index in [4.69, 9.17) is 0 Å². The maximum Gasteiger partial charge on any atom is 0.143 e. The largest absolute Gasteiger partial charge is 0.299 e. The summed E-state index contributed by atoms with van der Waals surface area (Å²) in [5.41, 5.74) is 0. The summed E-state index contributed by atoms with van der Waals surface area (Å²) in [7, 11) is 0. The Labute approximate surface area is 150 Å². The van der Waals surface area contributed by atoms with Crippen molar-refractivity contribution in [2.24, 2.45) is 17.8 Å². The molecule has 0 N–H and O–H groups in total. The molecule has 0 spiro atoms. The first kappa shape index (κ1) is 21.4. The van der Waals surface area contributed by atoms with Crippen molar-refractivity contribution in [2.45, 2.75) is 111 Å². The van der Waals surface area contributed by atoms with Crippen LogP contribution in [0.4, 0.5) is 0 Å². The SMILES string of the molecule is CCCCC(CCC)C(=O)CC(=O)CCC1CCCCC1CCC. The topological polar surface area (TPSA) is 34.1 Å². The van der Waals surface area contributed by atoms with Crippen LogP contribution in [0.3, 0.4) is 0 Å². The van der Waals surface area contributed by atoms with Crippen molar-refractivity contribution in [3.63, 3.8) is 0 Å². The van der Waals surface area contributed by atoms with E-state index in [9.17, 15) is 9.59 Å². The zero-order chi connectivity index (χ0) is 17.8. The number of ketones is 2. The first-order valence-electron chi connectivity index (χ1n) is 10.7. The van der Waals surface area contributed by atoms with Crippen LogP contribution in [0.5, 0.6) is 0 Å². The Morgan fingerprint density at radius 2 is 1.54 bits per heavy atom. The average molecular weight is 337 g/mol. The molecule has 3 atom stereocenters. The summed E-state index contributed by atoms with van der Waals surface area (Å²) in [5, 5.41) is 0. The molecule has 0 amide bonds. The predicted molar refractivity (Wildman–Crippen MR) is 102 cm³/mol. The molecule has 3 unspecified atom stereocenters. The molecule has 1 aliphatic rings. The molecule has 1 rings (SSSR count). The number of rotatable bonds is 13. The van der Waals surface area contributed by atoms with Gasteiger partial charge in [0.05, 0.1) is 6.42 Å². The molecular weight excluding hydrogens is 296 g/mol. The molecule has 2 heteroatoms. The Kier molecular flexibility index (Phi) is 11.3. The van der Waals surface area contributed by atoms with Crippen LogP contribution < -0.4 is 0 Å². The Hall–Kier alpha value is -0.660. The fraction of sp³-hybridized carbons (Fsp3) is 0.909. The molecule has 1 aliphatic carbocycles. The molecule has 0 aliphatic heterocycles. The standard InChI is InChI=1S/C22H40O2/c1-4-7-12-20(11-6-3)22(24)17-21(23)16-15-19-14-9-8-13-18(19)10-5-2/h18-20H,4-17H2,1-3H3. The molecule has 1 fully saturated rings. The Morgan fingerprint density at radius 3 is 2.12 bits per heavy atom. The minimum atomic E-state index is 0.126. The second-order valence-corrected chi connectivity index (χ2v) is 7.94. The first-order valence-corrected chi connectivity index (χ1v) is 10.7. The highest BCUT2D eigenvalue weighted by Crippen LogP contribution is 2.36. The van der Waals surface area contributed by atoms with Gasteiger partial charge in [-0.1, -0.05) is 78.6 Å². The molecule has 0 radical (unpaired) electrons. The van der Waals surface area contributed by atoms with Gasteiger partial charge in [0, 0.05) is 12.3 Å². The highest BCUT2D eigenvalue weighted by atomic mass is 16.1. The van der Waals surface area contributed by atoms with Crippen molar-refractivity contribution in [1.82, 2.24) is 0 Å². The van der Waals surface area contributed by atoms with Crippen molar-refractivity contribution in [3.8, 4) is 0 Å². The van der Waals surface area contributed by atoms with Crippen LogP contribution in [0.1, 0.15) is 111 Å². The van der Waals surface area contributed by atoms with E-state index in [0.29, 0.717) is 6.42 Å². The highest BCUT2D eigenvalue weighted by molar-refractivity contribution is 6.00. The van der Waals surface area contributed by atoms with Crippen LogP contribution in [-0.4, -0.2) is 11.6 Å². The molecule has 0 aromatic heterocycles. The van der Waals surface area contributed by atoms with Gasteiger partial charge in [0.15, 0.2) is 0 Å². The van der Waals surface area contributed by atoms with E-state index < -0.39 is 0 Å². The minimum absolute atomic E-state index is 0.126. The van der Waals surface area contributed by atoms with Gasteiger partial charge in [-0.3, -0.25) is 9.59 Å². The maximum atomic E-state index is 12.4. The Morgan fingerprint density at radius 1 is 0.875 bits per heavy atom. The average Bonchev–Trinajstić information content (AvgIpc) is 2.58. The van der Waals surface area contributed by atoms with Crippen LogP contribution in [-0.2, 0) is 9.59 Å². The quantitative estimate of drug-likeness (QED) is 0.359. The molecule has 0 bridgehead atoms. The van der Waals surface area contributed by atoms with Crippen LogP contribution in [0.25, 0.3) is 0 Å². The van der Waals surface area contributed by atoms with Crippen molar-refractivity contribution in [3.05, 3.63) is 0 Å². The van der Waals surface area contributed by atoms with Crippen LogP contribution in [0.15, 0.2) is 0 Å². The third-order valence-electron chi connectivity index (χ3n) is 5.89. The van der Waals surface area contributed by atoms with Gasteiger partial charge in [0.2, 0.25) is 0 Å². The van der Waals surface area contributed by atoms with Gasteiger partial charge >= 0.3 is 0 Å². The summed E-state index contributed by atoms with van der Waals surface area (Å²) >= 11 is 0. The monoisotopic (exact) mass is 336 g/mol. The van der Waals surface area contributed by atoms with Crippen molar-refractivity contribution < 1.29 is 9.59 Å². The van der Waals surface area contributed by atoms with Gasteiger partial charge in [0.25, 0.3) is 0 Å². The van der Waals surface area contributed by atoms with E-state index in [0.717, 1.165) is 50.4 Å². The van der Waals surface area contributed by atoms with Crippen molar-refractivity contribution >= 4 is 11.6 Å². The molecule has 0 aromatic carbocycles. The van der Waals surface area contributed by atoms with Gasteiger partial charge < -0.3 is 0 Å². The maximum absolute atomic E-state index is 12.4. The number of unbranched alkanes of at least 4 members (excludes halogenated alkanes) is 1. The van der Waals surface area contributed by atoms with E-state index in [2.05, 4.69) is 20.8 Å². The predicted octanol–water partition coefficient (Wildman–Crippen LogP) is 6.51. The molecule has 24 heavy (non-hydrogen) atoms. The van der Waals surface area contributed by atoms with E-state index in [1.54, 1.807) is 0 Å². The lowest BCUT2D eigenvalue weighted by atomic mass is 9.74. The number of carbonyl (C=O) groups excluding carboxylic acids is 2. The third kappa shape index (κ3) is 7.94. The Balaban J connectivity index is 2.39. The second-order valence-electron chi connectivity index (χ2n) is 7.94. The van der Waals surface area contributed by atoms with Gasteiger partial charge in [-0.2, -0.15) is 0 Å². The molecule has 1 saturated carbocycles. The highest BCUT2D eigenvalue weighted by Gasteiger charge is 2.25. The summed E-state index contributed by atoms with van der Waals surface area (Å²) in [5.74, 6) is 2.08. The summed E-state index contributed by atoms with van der Waals surface area (Å²) in [6.07, 6.45) is 14.9. The fourth-order valence-electron chi connectivity index (χ4n) is 4.45. The van der Waals surface area contributed by atoms with Crippen LogP contribution in [0.2, 0.25) is 0 Å². The number of carbonyl (C=O) groups is 2. The zero-order valence-corrected chi connectivity index (χ0v) is 16.4. The number of hydrogen-bond donors (Lipinski definition) is 0. The lowest BCUT2D eigenvalue weighted by Gasteiger charge is -2.31. The van der Waals surface area contributed by atoms with Gasteiger partial charge in [-0.15, -0.1) is 0 Å². The van der Waals surface area contributed by atoms with E-state index in [-0.39, 0.29) is 23.9 Å². The van der Waals surface area contributed by atoms with Gasteiger partial charge in [-0.05, 0) is 31.1 Å². The normalized spacial score (nSPS) is 22.3. The number of hydrogen-bond acceptors (Lipinski definition) is 2. The van der Waals surface area contributed by atoms with Gasteiger partial charge in [-0.25, -0.2) is 0 Å². The summed E-state index contributed by atoms with van der Waals surface area (Å²) < 4.78 is 0.